The van der Waals surface area contributed by atoms with Crippen molar-refractivity contribution in [2.75, 3.05) is 32.8 Å². The number of aromatic nitrogens is 1. The normalized spacial score (nSPS) is 11.8. The quantitative estimate of drug-likeness (QED) is 0.345. The number of aryl methyl sites for hydroxylation is 1. The van der Waals surface area contributed by atoms with Crippen LogP contribution in [0.25, 0.3) is 0 Å². The number of rotatable bonds is 12. The monoisotopic (exact) mass is 350 g/mol. The van der Waals surface area contributed by atoms with Gasteiger partial charge < -0.3 is 19.9 Å². The molecule has 25 heavy (non-hydrogen) atoms. The van der Waals surface area contributed by atoms with Gasteiger partial charge in [0, 0.05) is 45.0 Å². The Hall–Kier alpha value is -1.82. The van der Waals surface area contributed by atoms with E-state index in [1.807, 2.05) is 12.3 Å². The van der Waals surface area contributed by atoms with Crippen LogP contribution in [-0.2, 0) is 11.3 Å². The Kier molecular flexibility index (Phi) is 11.4. The van der Waals surface area contributed by atoms with Crippen LogP contribution in [0.4, 0.5) is 0 Å². The van der Waals surface area contributed by atoms with Crippen LogP contribution in [0.1, 0.15) is 40.0 Å². The summed E-state index contributed by atoms with van der Waals surface area (Å²) >= 11 is 0. The molecule has 1 rings (SSSR count). The van der Waals surface area contributed by atoms with Crippen molar-refractivity contribution in [1.82, 2.24) is 15.2 Å². The zero-order chi connectivity index (χ0) is 18.3. The third kappa shape index (κ3) is 10.6. The molecular formula is C19H34N4O2. The van der Waals surface area contributed by atoms with Crippen LogP contribution in [0.15, 0.2) is 34.2 Å². The number of aliphatic imine (C=N–C) groups is 1. The average molecular weight is 351 g/mol. The molecule has 0 aliphatic carbocycles. The van der Waals surface area contributed by atoms with Crippen LogP contribution in [-0.4, -0.2) is 43.4 Å². The Balaban J connectivity index is 2.19. The van der Waals surface area contributed by atoms with Crippen LogP contribution in [0.5, 0.6) is 0 Å². The maximum absolute atomic E-state index is 11.6. The molecule has 6 heteroatoms. The van der Waals surface area contributed by atoms with Gasteiger partial charge in [-0.1, -0.05) is 19.9 Å². The van der Waals surface area contributed by atoms with Gasteiger partial charge in [-0.25, -0.2) is 0 Å². The molecule has 0 spiro atoms. The summed E-state index contributed by atoms with van der Waals surface area (Å²) in [5.74, 6) is 1.51. The third-order valence-corrected chi connectivity index (χ3v) is 3.70. The molecule has 0 unspecified atom stereocenters. The number of pyridine rings is 1. The molecule has 0 radical (unpaired) electrons. The van der Waals surface area contributed by atoms with Gasteiger partial charge in [-0.3, -0.25) is 9.79 Å². The van der Waals surface area contributed by atoms with Gasteiger partial charge in [0.05, 0.1) is 6.61 Å². The molecule has 0 atom stereocenters. The minimum Gasteiger partial charge on any atom is -0.380 e. The Morgan fingerprint density at radius 3 is 2.80 bits per heavy atom. The van der Waals surface area contributed by atoms with E-state index in [0.717, 1.165) is 58.0 Å². The summed E-state index contributed by atoms with van der Waals surface area (Å²) in [6.45, 7) is 11.0. The van der Waals surface area contributed by atoms with Crippen molar-refractivity contribution in [1.29, 1.82) is 0 Å². The van der Waals surface area contributed by atoms with E-state index in [2.05, 4.69) is 36.4 Å². The van der Waals surface area contributed by atoms with E-state index in [4.69, 9.17) is 4.74 Å². The first-order valence-corrected chi connectivity index (χ1v) is 9.39. The van der Waals surface area contributed by atoms with Crippen LogP contribution >= 0.6 is 0 Å². The van der Waals surface area contributed by atoms with Crippen molar-refractivity contribution in [3.05, 3.63) is 34.7 Å². The second-order valence-electron chi connectivity index (χ2n) is 6.42. The first-order chi connectivity index (χ1) is 12.1. The Morgan fingerprint density at radius 2 is 2.08 bits per heavy atom. The summed E-state index contributed by atoms with van der Waals surface area (Å²) in [7, 11) is 0. The van der Waals surface area contributed by atoms with Gasteiger partial charge >= 0.3 is 0 Å². The van der Waals surface area contributed by atoms with Gasteiger partial charge in [-0.05, 0) is 38.2 Å². The molecule has 0 saturated heterocycles. The lowest BCUT2D eigenvalue weighted by Crippen LogP contribution is -2.39. The van der Waals surface area contributed by atoms with Crippen molar-refractivity contribution >= 4 is 5.96 Å². The molecule has 0 amide bonds. The molecule has 1 aromatic heterocycles. The molecule has 0 saturated carbocycles. The summed E-state index contributed by atoms with van der Waals surface area (Å²) < 4.78 is 7.34. The van der Waals surface area contributed by atoms with Crippen molar-refractivity contribution < 1.29 is 4.74 Å². The van der Waals surface area contributed by atoms with Crippen LogP contribution in [0.2, 0.25) is 0 Å². The van der Waals surface area contributed by atoms with Crippen LogP contribution in [0.3, 0.4) is 0 Å². The molecule has 0 aliphatic heterocycles. The van der Waals surface area contributed by atoms with E-state index in [1.165, 1.54) is 0 Å². The van der Waals surface area contributed by atoms with Gasteiger partial charge in [-0.2, -0.15) is 0 Å². The second kappa shape index (κ2) is 13.5. The predicted molar refractivity (Wildman–Crippen MR) is 104 cm³/mol. The summed E-state index contributed by atoms with van der Waals surface area (Å²) in [6, 6.07) is 5.24. The molecule has 0 aromatic carbocycles. The fourth-order valence-corrected chi connectivity index (χ4v) is 2.23. The van der Waals surface area contributed by atoms with Crippen molar-refractivity contribution in [3.63, 3.8) is 0 Å². The molecular weight excluding hydrogens is 316 g/mol. The predicted octanol–water partition coefficient (Wildman–Crippen LogP) is 2.25. The average Bonchev–Trinajstić information content (AvgIpc) is 2.58. The summed E-state index contributed by atoms with van der Waals surface area (Å²) in [6.07, 6.45) is 4.81. The number of unbranched alkanes of at least 4 members (excludes halogenated alkanes) is 1. The largest absolute Gasteiger partial charge is 0.380 e. The van der Waals surface area contributed by atoms with Crippen molar-refractivity contribution in [2.45, 2.75) is 46.6 Å². The fourth-order valence-electron chi connectivity index (χ4n) is 2.23. The van der Waals surface area contributed by atoms with Gasteiger partial charge in [0.1, 0.15) is 0 Å². The minimum atomic E-state index is 0.0541. The lowest BCUT2D eigenvalue weighted by molar-refractivity contribution is 0.128. The number of guanidine groups is 1. The summed E-state index contributed by atoms with van der Waals surface area (Å²) in [5.41, 5.74) is 0.0541. The molecule has 1 heterocycles. The zero-order valence-electron chi connectivity index (χ0n) is 16.0. The molecule has 0 bridgehead atoms. The lowest BCUT2D eigenvalue weighted by Gasteiger charge is -2.12. The van der Waals surface area contributed by atoms with E-state index in [-0.39, 0.29) is 5.56 Å². The first kappa shape index (κ1) is 21.2. The minimum absolute atomic E-state index is 0.0541. The molecule has 142 valence electrons. The van der Waals surface area contributed by atoms with E-state index in [9.17, 15) is 4.79 Å². The lowest BCUT2D eigenvalue weighted by atomic mass is 10.1. The van der Waals surface area contributed by atoms with Crippen molar-refractivity contribution in [3.8, 4) is 0 Å². The summed E-state index contributed by atoms with van der Waals surface area (Å²) in [4.78, 5) is 16.2. The maximum Gasteiger partial charge on any atom is 0.250 e. The molecule has 6 nitrogen and oxygen atoms in total. The van der Waals surface area contributed by atoms with Gasteiger partial charge in [0.2, 0.25) is 5.56 Å². The standard InChI is InChI=1S/C19H34N4O2/c1-4-20-19(22-12-16-25-15-10-17(2)3)21-11-6-8-14-23-13-7-5-9-18(23)24/h5,7,9,13,17H,4,6,8,10-12,14-16H2,1-3H3,(H2,20,21,22). The van der Waals surface area contributed by atoms with E-state index in [1.54, 1.807) is 16.7 Å². The zero-order valence-corrected chi connectivity index (χ0v) is 16.0. The Morgan fingerprint density at radius 1 is 1.24 bits per heavy atom. The highest BCUT2D eigenvalue weighted by atomic mass is 16.5. The van der Waals surface area contributed by atoms with Crippen LogP contribution in [0, 0.1) is 5.92 Å². The molecule has 2 N–H and O–H groups in total. The van der Waals surface area contributed by atoms with Gasteiger partial charge in [0.15, 0.2) is 5.96 Å². The number of ether oxygens (including phenoxy) is 1. The van der Waals surface area contributed by atoms with Crippen LogP contribution < -0.4 is 16.2 Å². The fraction of sp³-hybridized carbons (Fsp3) is 0.684. The number of hydrogen-bond donors (Lipinski definition) is 2. The first-order valence-electron chi connectivity index (χ1n) is 9.39. The third-order valence-electron chi connectivity index (χ3n) is 3.70. The highest BCUT2D eigenvalue weighted by Crippen LogP contribution is 1.98. The number of nitrogens with one attached hydrogen (secondary N) is 2. The smallest absolute Gasteiger partial charge is 0.250 e. The van der Waals surface area contributed by atoms with E-state index < -0.39 is 0 Å². The summed E-state index contributed by atoms with van der Waals surface area (Å²) in [5, 5.41) is 6.52. The SMILES string of the molecule is CCNC(=NCCCCn1ccccc1=O)NCCOCCC(C)C. The Labute approximate surface area is 151 Å². The second-order valence-corrected chi connectivity index (χ2v) is 6.42. The highest BCUT2D eigenvalue weighted by molar-refractivity contribution is 5.79. The van der Waals surface area contributed by atoms with E-state index >= 15 is 0 Å². The Bertz CT molecular complexity index is 540. The highest BCUT2D eigenvalue weighted by Gasteiger charge is 1.98. The maximum atomic E-state index is 11.6. The van der Waals surface area contributed by atoms with E-state index in [0.29, 0.717) is 12.5 Å². The molecule has 0 aliphatic rings. The molecule has 0 fully saturated rings. The topological polar surface area (TPSA) is 67.7 Å². The number of hydrogen-bond acceptors (Lipinski definition) is 3. The number of nitrogens with zero attached hydrogens (tertiary/aromatic N) is 2. The van der Waals surface area contributed by atoms with Gasteiger partial charge in [-0.15, -0.1) is 0 Å². The molecule has 1 aromatic rings. The van der Waals surface area contributed by atoms with Crippen molar-refractivity contribution in [2.24, 2.45) is 10.9 Å². The van der Waals surface area contributed by atoms with Gasteiger partial charge in [0.25, 0.3) is 0 Å².